The maximum atomic E-state index is 13.6. The second-order valence-corrected chi connectivity index (χ2v) is 10.1. The Labute approximate surface area is 178 Å². The van der Waals surface area contributed by atoms with E-state index in [-0.39, 0.29) is 11.5 Å². The van der Waals surface area contributed by atoms with Gasteiger partial charge < -0.3 is 4.74 Å². The molecule has 2 heterocycles. The standard InChI is InChI=1S/C25H28ClNO2/c1-25(2,3)27-12-4-5-22(27)21-11-10-20-18(23(21)28)8-9-19-17-7-6-16(26)13-15(17)14-29-24(19)20/h6-9,13,21-22H,4-5,10-12,14H2,1-3H3/t21?,22-/m0/s1. The molecule has 2 aromatic carbocycles. The number of Topliss-reactive ketones (excluding diaryl/α,β-unsaturated/α-hetero) is 1. The highest BCUT2D eigenvalue weighted by Gasteiger charge is 2.43. The molecular weight excluding hydrogens is 382 g/mol. The van der Waals surface area contributed by atoms with Crippen molar-refractivity contribution in [1.29, 1.82) is 0 Å². The van der Waals surface area contributed by atoms with Crippen LogP contribution in [0, 0.1) is 5.92 Å². The summed E-state index contributed by atoms with van der Waals surface area (Å²) in [6.45, 7) is 8.40. The van der Waals surface area contributed by atoms with Gasteiger partial charge in [0.2, 0.25) is 0 Å². The Morgan fingerprint density at radius 2 is 1.83 bits per heavy atom. The molecule has 0 aromatic heterocycles. The lowest BCUT2D eigenvalue weighted by atomic mass is 9.76. The van der Waals surface area contributed by atoms with Crippen molar-refractivity contribution in [3.63, 3.8) is 0 Å². The van der Waals surface area contributed by atoms with Gasteiger partial charge in [0.05, 0.1) is 0 Å². The highest BCUT2D eigenvalue weighted by Crippen LogP contribution is 2.46. The topological polar surface area (TPSA) is 29.5 Å². The van der Waals surface area contributed by atoms with Crippen molar-refractivity contribution in [3.05, 3.63) is 52.0 Å². The number of carbonyl (C=O) groups is 1. The Balaban J connectivity index is 1.51. The van der Waals surface area contributed by atoms with Gasteiger partial charge in [-0.05, 0) is 82.3 Å². The monoisotopic (exact) mass is 409 g/mol. The average Bonchev–Trinajstić information content (AvgIpc) is 3.17. The molecule has 0 bridgehead atoms. The lowest BCUT2D eigenvalue weighted by molar-refractivity contribution is 0.0614. The van der Waals surface area contributed by atoms with Gasteiger partial charge in [-0.15, -0.1) is 0 Å². The minimum absolute atomic E-state index is 0.0944. The molecule has 4 heteroatoms. The summed E-state index contributed by atoms with van der Waals surface area (Å²) >= 11 is 6.16. The van der Waals surface area contributed by atoms with Crippen LogP contribution in [0.1, 0.15) is 61.5 Å². The Kier molecular flexibility index (Phi) is 4.52. The zero-order chi connectivity index (χ0) is 20.3. The van der Waals surface area contributed by atoms with E-state index in [1.54, 1.807) is 0 Å². The number of ketones is 1. The minimum Gasteiger partial charge on any atom is -0.488 e. The van der Waals surface area contributed by atoms with Crippen molar-refractivity contribution in [3.8, 4) is 16.9 Å². The van der Waals surface area contributed by atoms with E-state index in [0.29, 0.717) is 18.4 Å². The maximum absolute atomic E-state index is 13.6. The molecule has 2 aromatic rings. The number of halogens is 1. The third kappa shape index (κ3) is 3.10. The van der Waals surface area contributed by atoms with Crippen LogP contribution >= 0.6 is 11.6 Å². The van der Waals surface area contributed by atoms with Crippen LogP contribution in [0.25, 0.3) is 11.1 Å². The first-order valence-corrected chi connectivity index (χ1v) is 11.1. The SMILES string of the molecule is CC(C)(C)N1CCC[C@H]1C1CCc2c(ccc3c2OCc2cc(Cl)ccc2-3)C1=O. The molecule has 1 unspecified atom stereocenters. The van der Waals surface area contributed by atoms with Crippen LogP contribution in [0.3, 0.4) is 0 Å². The number of benzene rings is 2. The summed E-state index contributed by atoms with van der Waals surface area (Å²) in [7, 11) is 0. The quantitative estimate of drug-likeness (QED) is 0.586. The lowest BCUT2D eigenvalue weighted by Gasteiger charge is -2.41. The molecule has 2 aliphatic heterocycles. The zero-order valence-electron chi connectivity index (χ0n) is 17.4. The summed E-state index contributed by atoms with van der Waals surface area (Å²) in [5, 5.41) is 0.728. The van der Waals surface area contributed by atoms with Crippen LogP contribution in [-0.2, 0) is 13.0 Å². The van der Waals surface area contributed by atoms with E-state index in [9.17, 15) is 4.79 Å². The number of fused-ring (bicyclic) bond motifs is 5. The smallest absolute Gasteiger partial charge is 0.167 e. The van der Waals surface area contributed by atoms with E-state index in [2.05, 4.69) is 37.8 Å². The van der Waals surface area contributed by atoms with Crippen molar-refractivity contribution < 1.29 is 9.53 Å². The highest BCUT2D eigenvalue weighted by molar-refractivity contribution is 6.30. The number of nitrogens with zero attached hydrogens (tertiary/aromatic N) is 1. The van der Waals surface area contributed by atoms with Gasteiger partial charge in [0.15, 0.2) is 5.78 Å². The fourth-order valence-corrected chi connectivity index (χ4v) is 5.81. The van der Waals surface area contributed by atoms with Crippen molar-refractivity contribution in [2.24, 2.45) is 5.92 Å². The molecule has 0 spiro atoms. The molecule has 1 fully saturated rings. The third-order valence-corrected chi connectivity index (χ3v) is 7.16. The predicted octanol–water partition coefficient (Wildman–Crippen LogP) is 5.91. The van der Waals surface area contributed by atoms with Gasteiger partial charge in [-0.2, -0.15) is 0 Å². The van der Waals surface area contributed by atoms with E-state index in [1.807, 2.05) is 18.2 Å². The number of hydrogen-bond acceptors (Lipinski definition) is 3. The van der Waals surface area contributed by atoms with Crippen molar-refractivity contribution in [1.82, 2.24) is 4.90 Å². The number of rotatable bonds is 1. The van der Waals surface area contributed by atoms with Crippen LogP contribution in [0.5, 0.6) is 5.75 Å². The van der Waals surface area contributed by atoms with E-state index in [4.69, 9.17) is 16.3 Å². The summed E-state index contributed by atoms with van der Waals surface area (Å²) in [5.74, 6) is 1.31. The van der Waals surface area contributed by atoms with E-state index in [0.717, 1.165) is 58.8 Å². The Bertz CT molecular complexity index is 991. The second kappa shape index (κ2) is 6.85. The van der Waals surface area contributed by atoms with Crippen LogP contribution in [-0.4, -0.2) is 28.8 Å². The average molecular weight is 410 g/mol. The molecule has 1 aliphatic carbocycles. The first-order valence-electron chi connectivity index (χ1n) is 10.7. The number of hydrogen-bond donors (Lipinski definition) is 0. The number of ether oxygens (including phenoxy) is 1. The predicted molar refractivity (Wildman–Crippen MR) is 117 cm³/mol. The van der Waals surface area contributed by atoms with Crippen molar-refractivity contribution in [2.75, 3.05) is 6.54 Å². The summed E-state index contributed by atoms with van der Waals surface area (Å²) in [5.41, 5.74) is 5.44. The third-order valence-electron chi connectivity index (χ3n) is 6.92. The van der Waals surface area contributed by atoms with Crippen molar-refractivity contribution >= 4 is 17.4 Å². The zero-order valence-corrected chi connectivity index (χ0v) is 18.2. The number of likely N-dealkylation sites (tertiary alicyclic amines) is 1. The Morgan fingerprint density at radius 3 is 2.62 bits per heavy atom. The van der Waals surface area contributed by atoms with Crippen LogP contribution in [0.2, 0.25) is 5.02 Å². The van der Waals surface area contributed by atoms with Crippen molar-refractivity contribution in [2.45, 2.75) is 64.6 Å². The highest BCUT2D eigenvalue weighted by atomic mass is 35.5. The van der Waals surface area contributed by atoms with Crippen LogP contribution < -0.4 is 4.74 Å². The summed E-state index contributed by atoms with van der Waals surface area (Å²) in [4.78, 5) is 16.1. The van der Waals surface area contributed by atoms with E-state index in [1.165, 1.54) is 12.0 Å². The fourth-order valence-electron chi connectivity index (χ4n) is 5.62. The maximum Gasteiger partial charge on any atom is 0.167 e. The Morgan fingerprint density at radius 1 is 1.07 bits per heavy atom. The van der Waals surface area contributed by atoms with Gasteiger partial charge in [-0.25, -0.2) is 0 Å². The largest absolute Gasteiger partial charge is 0.488 e. The first-order chi connectivity index (χ1) is 13.8. The molecule has 29 heavy (non-hydrogen) atoms. The summed E-state index contributed by atoms with van der Waals surface area (Å²) in [6, 6.07) is 10.4. The van der Waals surface area contributed by atoms with Crippen LogP contribution in [0.15, 0.2) is 30.3 Å². The number of carbonyl (C=O) groups excluding carboxylic acids is 1. The van der Waals surface area contributed by atoms with E-state index >= 15 is 0 Å². The van der Waals surface area contributed by atoms with Gasteiger partial charge in [0.25, 0.3) is 0 Å². The van der Waals surface area contributed by atoms with Gasteiger partial charge in [-0.3, -0.25) is 9.69 Å². The lowest BCUT2D eigenvalue weighted by Crippen LogP contribution is -2.50. The summed E-state index contributed by atoms with van der Waals surface area (Å²) in [6.07, 6.45) is 4.13. The molecule has 0 amide bonds. The molecule has 2 atom stereocenters. The Hall–Kier alpha value is -1.84. The molecule has 5 rings (SSSR count). The normalized spacial score (nSPS) is 23.9. The summed E-state index contributed by atoms with van der Waals surface area (Å²) < 4.78 is 6.17. The van der Waals surface area contributed by atoms with E-state index < -0.39 is 0 Å². The molecule has 1 saturated heterocycles. The second-order valence-electron chi connectivity index (χ2n) is 9.64. The molecule has 3 nitrogen and oxygen atoms in total. The molecule has 0 N–H and O–H groups in total. The van der Waals surface area contributed by atoms with Gasteiger partial charge >= 0.3 is 0 Å². The van der Waals surface area contributed by atoms with Gasteiger partial charge in [0, 0.05) is 39.2 Å². The minimum atomic E-state index is 0.0944. The van der Waals surface area contributed by atoms with Crippen LogP contribution in [0.4, 0.5) is 0 Å². The fraction of sp³-hybridized carbons (Fsp3) is 0.480. The molecule has 152 valence electrons. The molecule has 0 radical (unpaired) electrons. The molecular formula is C25H28ClNO2. The molecule has 0 saturated carbocycles. The first kappa shape index (κ1) is 19.1. The van der Waals surface area contributed by atoms with Gasteiger partial charge in [-0.1, -0.05) is 23.7 Å². The van der Waals surface area contributed by atoms with Gasteiger partial charge in [0.1, 0.15) is 12.4 Å². The molecule has 3 aliphatic rings.